The molecule has 0 saturated carbocycles. The lowest BCUT2D eigenvalue weighted by molar-refractivity contribution is 0.0639. The van der Waals surface area contributed by atoms with Gasteiger partial charge in [-0.2, -0.15) is 0 Å². The van der Waals surface area contributed by atoms with E-state index in [9.17, 15) is 4.79 Å². The molecule has 1 fully saturated rings. The molecule has 1 atom stereocenters. The van der Waals surface area contributed by atoms with Gasteiger partial charge in [0, 0.05) is 30.3 Å². The fraction of sp³-hybridized carbons (Fsp3) is 0.583. The fourth-order valence-corrected chi connectivity index (χ4v) is 2.65. The van der Waals surface area contributed by atoms with Gasteiger partial charge in [0.2, 0.25) is 0 Å². The van der Waals surface area contributed by atoms with Crippen LogP contribution in [0.1, 0.15) is 23.3 Å². The number of carbonyl (C=O) groups is 1. The van der Waals surface area contributed by atoms with Gasteiger partial charge in [-0.3, -0.25) is 4.79 Å². The maximum absolute atomic E-state index is 12.2. The highest BCUT2D eigenvalue weighted by Crippen LogP contribution is 2.17. The first-order chi connectivity index (χ1) is 8.08. The molecule has 2 heterocycles. The third-order valence-electron chi connectivity index (χ3n) is 3.35. The van der Waals surface area contributed by atoms with Crippen LogP contribution >= 0.6 is 15.9 Å². The van der Waals surface area contributed by atoms with Crippen molar-refractivity contribution >= 4 is 21.8 Å². The van der Waals surface area contributed by atoms with Gasteiger partial charge in [-0.05, 0) is 48.4 Å². The maximum Gasteiger partial charge on any atom is 0.270 e. The number of aromatic amines is 1. The van der Waals surface area contributed by atoms with Crippen LogP contribution in [0, 0.1) is 0 Å². The van der Waals surface area contributed by atoms with Gasteiger partial charge in [-0.15, -0.1) is 0 Å². The SMILES string of the molecule is CN1CCCC(N(C)C(=O)c2cc(Br)c[nH]2)C1. The Labute approximate surface area is 110 Å². The molecule has 17 heavy (non-hydrogen) atoms. The molecule has 5 heteroatoms. The summed E-state index contributed by atoms with van der Waals surface area (Å²) in [6.45, 7) is 2.09. The van der Waals surface area contributed by atoms with Gasteiger partial charge in [-0.1, -0.05) is 0 Å². The molecular formula is C12H18BrN3O. The first kappa shape index (κ1) is 12.6. The normalized spacial score (nSPS) is 21.5. The van der Waals surface area contributed by atoms with E-state index in [4.69, 9.17) is 0 Å². The highest BCUT2D eigenvalue weighted by atomic mass is 79.9. The molecule has 1 N–H and O–H groups in total. The number of likely N-dealkylation sites (tertiary alicyclic amines) is 1. The summed E-state index contributed by atoms with van der Waals surface area (Å²) in [7, 11) is 4.00. The van der Waals surface area contributed by atoms with Gasteiger partial charge in [0.05, 0.1) is 0 Å². The predicted octanol–water partition coefficient (Wildman–Crippen LogP) is 1.94. The molecule has 1 aliphatic heterocycles. The standard InChI is InChI=1S/C12H18BrN3O/c1-15-5-3-4-10(8-15)16(2)12(17)11-6-9(13)7-14-11/h6-7,10,14H,3-5,8H2,1-2H3. The van der Waals surface area contributed by atoms with Crippen molar-refractivity contribution in [2.75, 3.05) is 27.2 Å². The largest absolute Gasteiger partial charge is 0.356 e. The van der Waals surface area contributed by atoms with Crippen molar-refractivity contribution in [3.8, 4) is 0 Å². The molecule has 1 unspecified atom stereocenters. The van der Waals surface area contributed by atoms with Crippen LogP contribution in [0.3, 0.4) is 0 Å². The van der Waals surface area contributed by atoms with E-state index in [2.05, 4.69) is 32.9 Å². The van der Waals surface area contributed by atoms with Gasteiger partial charge < -0.3 is 14.8 Å². The molecule has 1 aromatic heterocycles. The van der Waals surface area contributed by atoms with Crippen LogP contribution in [0.5, 0.6) is 0 Å². The first-order valence-corrected chi connectivity index (χ1v) is 6.67. The smallest absolute Gasteiger partial charge is 0.270 e. The number of amides is 1. The van der Waals surface area contributed by atoms with E-state index in [1.54, 1.807) is 6.20 Å². The van der Waals surface area contributed by atoms with Gasteiger partial charge >= 0.3 is 0 Å². The fourth-order valence-electron chi connectivity index (χ4n) is 2.30. The number of likely N-dealkylation sites (N-methyl/N-ethyl adjacent to an activating group) is 2. The van der Waals surface area contributed by atoms with Crippen molar-refractivity contribution in [2.45, 2.75) is 18.9 Å². The van der Waals surface area contributed by atoms with E-state index in [0.29, 0.717) is 11.7 Å². The molecule has 2 rings (SSSR count). The summed E-state index contributed by atoms with van der Waals surface area (Å²) in [4.78, 5) is 19.3. The minimum Gasteiger partial charge on any atom is -0.356 e. The van der Waals surface area contributed by atoms with Crippen LogP contribution in [0.4, 0.5) is 0 Å². The minimum atomic E-state index is 0.0657. The molecule has 94 valence electrons. The Morgan fingerprint density at radius 3 is 3.00 bits per heavy atom. The number of hydrogen-bond acceptors (Lipinski definition) is 2. The molecular weight excluding hydrogens is 282 g/mol. The average Bonchev–Trinajstić information content (AvgIpc) is 2.74. The summed E-state index contributed by atoms with van der Waals surface area (Å²) in [5, 5.41) is 0. The quantitative estimate of drug-likeness (QED) is 0.906. The molecule has 0 bridgehead atoms. The van der Waals surface area contributed by atoms with Gasteiger partial charge in [0.25, 0.3) is 5.91 Å². The van der Waals surface area contributed by atoms with Crippen LogP contribution in [-0.4, -0.2) is 53.9 Å². The lowest BCUT2D eigenvalue weighted by Gasteiger charge is -2.35. The molecule has 1 aliphatic rings. The molecule has 1 saturated heterocycles. The van der Waals surface area contributed by atoms with Crippen molar-refractivity contribution < 1.29 is 4.79 Å². The van der Waals surface area contributed by atoms with Crippen LogP contribution in [0.2, 0.25) is 0 Å². The maximum atomic E-state index is 12.2. The lowest BCUT2D eigenvalue weighted by Crippen LogP contribution is -2.47. The van der Waals surface area contributed by atoms with Crippen LogP contribution in [-0.2, 0) is 0 Å². The second kappa shape index (κ2) is 5.23. The minimum absolute atomic E-state index is 0.0657. The summed E-state index contributed by atoms with van der Waals surface area (Å²) < 4.78 is 0.912. The third-order valence-corrected chi connectivity index (χ3v) is 3.80. The molecule has 0 aromatic carbocycles. The summed E-state index contributed by atoms with van der Waals surface area (Å²) in [5.74, 6) is 0.0657. The Morgan fingerprint density at radius 1 is 1.65 bits per heavy atom. The van der Waals surface area contributed by atoms with E-state index in [1.165, 1.54) is 0 Å². The predicted molar refractivity (Wildman–Crippen MR) is 71.1 cm³/mol. The van der Waals surface area contributed by atoms with E-state index in [1.807, 2.05) is 18.0 Å². The number of aromatic nitrogens is 1. The lowest BCUT2D eigenvalue weighted by atomic mass is 10.0. The number of carbonyl (C=O) groups excluding carboxylic acids is 1. The number of halogens is 1. The molecule has 0 spiro atoms. The van der Waals surface area contributed by atoms with Gasteiger partial charge in [-0.25, -0.2) is 0 Å². The second-order valence-electron chi connectivity index (χ2n) is 4.71. The molecule has 1 amide bonds. The highest BCUT2D eigenvalue weighted by molar-refractivity contribution is 9.10. The Morgan fingerprint density at radius 2 is 2.41 bits per heavy atom. The molecule has 4 nitrogen and oxygen atoms in total. The summed E-state index contributed by atoms with van der Waals surface area (Å²) in [6, 6.07) is 2.15. The number of rotatable bonds is 2. The Hall–Kier alpha value is -0.810. The second-order valence-corrected chi connectivity index (χ2v) is 5.62. The van der Waals surface area contributed by atoms with Crippen molar-refractivity contribution in [2.24, 2.45) is 0 Å². The zero-order valence-electron chi connectivity index (χ0n) is 10.2. The van der Waals surface area contributed by atoms with Crippen LogP contribution in [0.15, 0.2) is 16.7 Å². The topological polar surface area (TPSA) is 39.3 Å². The Balaban J connectivity index is 2.04. The first-order valence-electron chi connectivity index (χ1n) is 5.87. The van der Waals surface area contributed by atoms with Gasteiger partial charge in [0.1, 0.15) is 5.69 Å². The number of hydrogen-bond donors (Lipinski definition) is 1. The van der Waals surface area contributed by atoms with Crippen LogP contribution in [0.25, 0.3) is 0 Å². The van der Waals surface area contributed by atoms with E-state index in [-0.39, 0.29) is 5.91 Å². The zero-order chi connectivity index (χ0) is 12.4. The zero-order valence-corrected chi connectivity index (χ0v) is 11.8. The van der Waals surface area contributed by atoms with Crippen LogP contribution < -0.4 is 0 Å². The van der Waals surface area contributed by atoms with E-state index >= 15 is 0 Å². The number of H-pyrrole nitrogens is 1. The Bertz CT molecular complexity index is 404. The molecule has 1 aromatic rings. The molecule has 0 aliphatic carbocycles. The summed E-state index contributed by atoms with van der Waals surface area (Å²) >= 11 is 3.34. The van der Waals surface area contributed by atoms with Crippen molar-refractivity contribution in [1.29, 1.82) is 0 Å². The van der Waals surface area contributed by atoms with Crippen molar-refractivity contribution in [3.05, 3.63) is 22.4 Å². The number of nitrogens with zero attached hydrogens (tertiary/aromatic N) is 2. The summed E-state index contributed by atoms with van der Waals surface area (Å²) in [5.41, 5.74) is 0.646. The Kier molecular flexibility index (Phi) is 3.89. The average molecular weight is 300 g/mol. The van der Waals surface area contributed by atoms with E-state index < -0.39 is 0 Å². The number of nitrogens with one attached hydrogen (secondary N) is 1. The van der Waals surface area contributed by atoms with Crippen molar-refractivity contribution in [3.63, 3.8) is 0 Å². The van der Waals surface area contributed by atoms with E-state index in [0.717, 1.165) is 30.4 Å². The van der Waals surface area contributed by atoms with Gasteiger partial charge in [0.15, 0.2) is 0 Å². The van der Waals surface area contributed by atoms with Crippen molar-refractivity contribution in [1.82, 2.24) is 14.8 Å². The summed E-state index contributed by atoms with van der Waals surface area (Å²) in [6.07, 6.45) is 4.04. The number of piperidine rings is 1. The monoisotopic (exact) mass is 299 g/mol. The third kappa shape index (κ3) is 2.90. The highest BCUT2D eigenvalue weighted by Gasteiger charge is 2.25. The molecule has 0 radical (unpaired) electrons.